The number of hydrogen-bond acceptors (Lipinski definition) is 3. The first-order chi connectivity index (χ1) is 7.00. The maximum absolute atomic E-state index is 10.8. The number of aromatic nitrogens is 1. The lowest BCUT2D eigenvalue weighted by Gasteiger charge is -2.08. The van der Waals surface area contributed by atoms with Crippen molar-refractivity contribution in [1.82, 2.24) is 4.98 Å². The third-order valence-corrected chi connectivity index (χ3v) is 1.96. The van der Waals surface area contributed by atoms with Gasteiger partial charge in [0, 0.05) is 13.1 Å². The Hall–Kier alpha value is -1.91. The molecule has 0 fully saturated rings. The van der Waals surface area contributed by atoms with Gasteiger partial charge in [-0.2, -0.15) is 0 Å². The first-order valence-corrected chi connectivity index (χ1v) is 4.47. The smallest absolute Gasteiger partial charge is 0.310 e. The highest BCUT2D eigenvalue weighted by atomic mass is 16.4. The van der Waals surface area contributed by atoms with E-state index in [0.717, 1.165) is 0 Å². The predicted molar refractivity (Wildman–Crippen MR) is 54.6 cm³/mol. The molecular formula is C10H12N2O3. The topological polar surface area (TPSA) is 79.3 Å². The summed E-state index contributed by atoms with van der Waals surface area (Å²) in [6, 6.07) is 3.17. The quantitative estimate of drug-likeness (QED) is 0.782. The largest absolute Gasteiger partial charge is 0.481 e. The van der Waals surface area contributed by atoms with E-state index in [1.807, 2.05) is 0 Å². The second kappa shape index (κ2) is 4.54. The second-order valence-electron chi connectivity index (χ2n) is 3.22. The summed E-state index contributed by atoms with van der Waals surface area (Å²) < 4.78 is 0. The summed E-state index contributed by atoms with van der Waals surface area (Å²) in [6.45, 7) is 2.95. The van der Waals surface area contributed by atoms with E-state index in [-0.39, 0.29) is 5.91 Å². The Kier molecular flexibility index (Phi) is 3.38. The molecule has 15 heavy (non-hydrogen) atoms. The fourth-order valence-electron chi connectivity index (χ4n) is 1.11. The third kappa shape index (κ3) is 3.05. The van der Waals surface area contributed by atoms with Crippen molar-refractivity contribution in [1.29, 1.82) is 0 Å². The van der Waals surface area contributed by atoms with Crippen LogP contribution in [0.1, 0.15) is 25.3 Å². The molecule has 80 valence electrons. The molecule has 1 heterocycles. The lowest BCUT2D eigenvalue weighted by Crippen LogP contribution is -2.10. The number of aliphatic carboxylic acids is 1. The molecule has 1 aromatic heterocycles. The summed E-state index contributed by atoms with van der Waals surface area (Å²) in [4.78, 5) is 25.4. The van der Waals surface area contributed by atoms with E-state index in [0.29, 0.717) is 11.4 Å². The number of anilines is 1. The summed E-state index contributed by atoms with van der Waals surface area (Å²) in [5.74, 6) is -1.38. The number of pyridine rings is 1. The molecule has 0 saturated heterocycles. The number of carbonyl (C=O) groups excluding carboxylic acids is 1. The maximum Gasteiger partial charge on any atom is 0.310 e. The van der Waals surface area contributed by atoms with Crippen molar-refractivity contribution in [3.63, 3.8) is 0 Å². The van der Waals surface area contributed by atoms with E-state index in [1.54, 1.807) is 19.1 Å². The zero-order chi connectivity index (χ0) is 11.4. The van der Waals surface area contributed by atoms with E-state index in [2.05, 4.69) is 10.3 Å². The molecule has 1 rings (SSSR count). The number of rotatable bonds is 3. The molecule has 1 amide bonds. The Morgan fingerprint density at radius 3 is 2.73 bits per heavy atom. The van der Waals surface area contributed by atoms with Gasteiger partial charge >= 0.3 is 5.97 Å². The minimum Gasteiger partial charge on any atom is -0.481 e. The number of amides is 1. The number of nitrogens with one attached hydrogen (secondary N) is 1. The number of carboxylic acids is 1. The molecule has 0 bridgehead atoms. The molecule has 5 nitrogen and oxygen atoms in total. The lowest BCUT2D eigenvalue weighted by molar-refractivity contribution is -0.138. The highest BCUT2D eigenvalue weighted by Crippen LogP contribution is 2.17. The van der Waals surface area contributed by atoms with Gasteiger partial charge in [0.05, 0.1) is 5.92 Å². The van der Waals surface area contributed by atoms with Crippen LogP contribution in [0.2, 0.25) is 0 Å². The number of carboxylic acid groups (broad SMARTS) is 1. The Morgan fingerprint density at radius 1 is 1.53 bits per heavy atom. The first-order valence-electron chi connectivity index (χ1n) is 4.47. The van der Waals surface area contributed by atoms with E-state index >= 15 is 0 Å². The molecular weight excluding hydrogens is 196 g/mol. The van der Waals surface area contributed by atoms with Crippen LogP contribution in [0.3, 0.4) is 0 Å². The van der Waals surface area contributed by atoms with E-state index in [9.17, 15) is 9.59 Å². The lowest BCUT2D eigenvalue weighted by atomic mass is 10.0. The van der Waals surface area contributed by atoms with Gasteiger partial charge in [-0.15, -0.1) is 0 Å². The van der Waals surface area contributed by atoms with E-state index in [4.69, 9.17) is 5.11 Å². The third-order valence-electron chi connectivity index (χ3n) is 1.96. The second-order valence-corrected chi connectivity index (χ2v) is 3.22. The van der Waals surface area contributed by atoms with Crippen LogP contribution in [-0.4, -0.2) is 22.0 Å². The normalized spacial score (nSPS) is 11.9. The van der Waals surface area contributed by atoms with Crippen LogP contribution in [0.5, 0.6) is 0 Å². The fourth-order valence-corrected chi connectivity index (χ4v) is 1.11. The van der Waals surface area contributed by atoms with Gasteiger partial charge < -0.3 is 10.4 Å². The monoisotopic (exact) mass is 208 g/mol. The highest BCUT2D eigenvalue weighted by Gasteiger charge is 2.14. The Labute approximate surface area is 87.1 Å². The SMILES string of the molecule is CC(=O)Nc1cc(C(C)C(=O)O)ccn1. The van der Waals surface area contributed by atoms with E-state index in [1.165, 1.54) is 13.1 Å². The zero-order valence-electron chi connectivity index (χ0n) is 8.52. The van der Waals surface area contributed by atoms with Crippen molar-refractivity contribution in [3.8, 4) is 0 Å². The van der Waals surface area contributed by atoms with Gasteiger partial charge in [-0.3, -0.25) is 9.59 Å². The zero-order valence-corrected chi connectivity index (χ0v) is 8.52. The van der Waals surface area contributed by atoms with Crippen molar-refractivity contribution in [2.45, 2.75) is 19.8 Å². The summed E-state index contributed by atoms with van der Waals surface area (Å²) in [6.07, 6.45) is 1.47. The van der Waals surface area contributed by atoms with Crippen molar-refractivity contribution in [3.05, 3.63) is 23.9 Å². The summed E-state index contributed by atoms with van der Waals surface area (Å²) in [7, 11) is 0. The van der Waals surface area contributed by atoms with Gasteiger partial charge in [0.15, 0.2) is 0 Å². The van der Waals surface area contributed by atoms with Gasteiger partial charge in [0.2, 0.25) is 5.91 Å². The molecule has 1 aromatic rings. The van der Waals surface area contributed by atoms with Gasteiger partial charge in [-0.05, 0) is 24.6 Å². The van der Waals surface area contributed by atoms with Gasteiger partial charge in [0.1, 0.15) is 5.82 Å². The molecule has 0 aliphatic carbocycles. The molecule has 0 saturated carbocycles. The molecule has 0 aliphatic rings. The van der Waals surface area contributed by atoms with E-state index < -0.39 is 11.9 Å². The summed E-state index contributed by atoms with van der Waals surface area (Å²) in [5.41, 5.74) is 0.612. The van der Waals surface area contributed by atoms with Crippen molar-refractivity contribution in [2.75, 3.05) is 5.32 Å². The van der Waals surface area contributed by atoms with Crippen LogP contribution in [0.4, 0.5) is 5.82 Å². The van der Waals surface area contributed by atoms with Crippen molar-refractivity contribution < 1.29 is 14.7 Å². The van der Waals surface area contributed by atoms with Gasteiger partial charge in [0.25, 0.3) is 0 Å². The molecule has 0 radical (unpaired) electrons. The average molecular weight is 208 g/mol. The van der Waals surface area contributed by atoms with Crippen LogP contribution in [0.15, 0.2) is 18.3 Å². The van der Waals surface area contributed by atoms with Crippen LogP contribution in [-0.2, 0) is 9.59 Å². The van der Waals surface area contributed by atoms with Crippen LogP contribution < -0.4 is 5.32 Å². The van der Waals surface area contributed by atoms with Crippen molar-refractivity contribution >= 4 is 17.7 Å². The maximum atomic E-state index is 10.8. The highest BCUT2D eigenvalue weighted by molar-refractivity contribution is 5.87. The summed E-state index contributed by atoms with van der Waals surface area (Å²) >= 11 is 0. The van der Waals surface area contributed by atoms with Gasteiger partial charge in [-0.1, -0.05) is 0 Å². The predicted octanol–water partition coefficient (Wildman–Crippen LogP) is 1.23. The van der Waals surface area contributed by atoms with Crippen LogP contribution in [0.25, 0.3) is 0 Å². The van der Waals surface area contributed by atoms with Crippen molar-refractivity contribution in [2.24, 2.45) is 0 Å². The average Bonchev–Trinajstić information content (AvgIpc) is 2.16. The summed E-state index contributed by atoms with van der Waals surface area (Å²) in [5, 5.41) is 11.3. The fraction of sp³-hybridized carbons (Fsp3) is 0.300. The Bertz CT molecular complexity index is 390. The standard InChI is InChI=1S/C10H12N2O3/c1-6(10(14)15)8-3-4-11-9(5-8)12-7(2)13/h3-6H,1-2H3,(H,14,15)(H,11,12,13). The number of carbonyl (C=O) groups is 2. The Morgan fingerprint density at radius 2 is 2.20 bits per heavy atom. The van der Waals surface area contributed by atoms with Crippen LogP contribution >= 0.6 is 0 Å². The minimum absolute atomic E-state index is 0.234. The molecule has 1 atom stereocenters. The molecule has 5 heteroatoms. The number of hydrogen-bond donors (Lipinski definition) is 2. The van der Waals surface area contributed by atoms with Crippen LogP contribution in [0, 0.1) is 0 Å². The molecule has 1 unspecified atom stereocenters. The first kappa shape index (κ1) is 11.2. The molecule has 0 spiro atoms. The minimum atomic E-state index is -0.907. The number of nitrogens with zero attached hydrogens (tertiary/aromatic N) is 1. The molecule has 0 aromatic carbocycles. The molecule has 2 N–H and O–H groups in total. The Balaban J connectivity index is 2.92. The van der Waals surface area contributed by atoms with Gasteiger partial charge in [-0.25, -0.2) is 4.98 Å². The molecule has 0 aliphatic heterocycles.